The average molecular weight is 456 g/mol. The molecule has 0 saturated carbocycles. The smallest absolute Gasteiger partial charge is 0.243 e. The number of rotatable bonds is 5. The Morgan fingerprint density at radius 3 is 2.34 bits per heavy atom. The molecule has 0 spiro atoms. The van der Waals surface area contributed by atoms with Crippen molar-refractivity contribution in [1.82, 2.24) is 9.21 Å². The summed E-state index contributed by atoms with van der Waals surface area (Å²) in [5.41, 5.74) is 2.46. The van der Waals surface area contributed by atoms with Crippen molar-refractivity contribution < 1.29 is 13.2 Å². The molecule has 0 unspecified atom stereocenters. The molecule has 1 aliphatic rings. The van der Waals surface area contributed by atoms with E-state index < -0.39 is 10.0 Å². The Morgan fingerprint density at radius 1 is 1.00 bits per heavy atom. The van der Waals surface area contributed by atoms with Crippen molar-refractivity contribution in [3.63, 3.8) is 0 Å². The van der Waals surface area contributed by atoms with Gasteiger partial charge in [0.1, 0.15) is 0 Å². The van der Waals surface area contributed by atoms with E-state index in [4.69, 9.17) is 23.2 Å². The molecule has 1 N–H and O–H groups in total. The topological polar surface area (TPSA) is 69.7 Å². The van der Waals surface area contributed by atoms with E-state index in [0.29, 0.717) is 46.8 Å². The number of amides is 1. The largest absolute Gasteiger partial charge is 0.324 e. The first-order valence-electron chi connectivity index (χ1n) is 9.21. The van der Waals surface area contributed by atoms with Crippen LogP contribution in [0.3, 0.4) is 0 Å². The zero-order valence-corrected chi connectivity index (χ0v) is 18.6. The van der Waals surface area contributed by atoms with Gasteiger partial charge in [-0.05, 0) is 55.3 Å². The lowest BCUT2D eigenvalue weighted by molar-refractivity contribution is -0.117. The minimum Gasteiger partial charge on any atom is -0.324 e. The maximum absolute atomic E-state index is 12.9. The highest BCUT2D eigenvalue weighted by atomic mass is 35.5. The Kier molecular flexibility index (Phi) is 6.86. The van der Waals surface area contributed by atoms with Crippen LogP contribution in [0, 0.1) is 13.8 Å². The van der Waals surface area contributed by atoms with Crippen LogP contribution in [-0.4, -0.2) is 56.3 Å². The summed E-state index contributed by atoms with van der Waals surface area (Å²) < 4.78 is 27.3. The van der Waals surface area contributed by atoms with Crippen molar-refractivity contribution in [2.24, 2.45) is 0 Å². The summed E-state index contributed by atoms with van der Waals surface area (Å²) in [5, 5.41) is 3.64. The van der Waals surface area contributed by atoms with Crippen LogP contribution < -0.4 is 5.32 Å². The summed E-state index contributed by atoms with van der Waals surface area (Å²) in [7, 11) is -3.54. The quantitative estimate of drug-likeness (QED) is 0.747. The van der Waals surface area contributed by atoms with Crippen LogP contribution in [0.15, 0.2) is 41.3 Å². The maximum Gasteiger partial charge on any atom is 0.243 e. The Morgan fingerprint density at radius 2 is 1.69 bits per heavy atom. The van der Waals surface area contributed by atoms with Crippen molar-refractivity contribution in [2.45, 2.75) is 18.7 Å². The monoisotopic (exact) mass is 455 g/mol. The van der Waals surface area contributed by atoms with Gasteiger partial charge in [-0.1, -0.05) is 29.3 Å². The van der Waals surface area contributed by atoms with Crippen LogP contribution in [-0.2, 0) is 14.8 Å². The van der Waals surface area contributed by atoms with E-state index in [1.54, 1.807) is 30.3 Å². The molecule has 1 aliphatic heterocycles. The molecule has 6 nitrogen and oxygen atoms in total. The standard InChI is InChI=1S/C20H23Cl2N3O3S/c1-14-3-5-17(11-15(14)2)29(27,28)25-9-7-24(8-10-25)13-20(26)23-19-12-16(21)4-6-18(19)22/h3-6,11-12H,7-10,13H2,1-2H3,(H,23,26). The summed E-state index contributed by atoms with van der Waals surface area (Å²) in [6, 6.07) is 10.0. The van der Waals surface area contributed by atoms with Gasteiger partial charge in [-0.15, -0.1) is 0 Å². The summed E-state index contributed by atoms with van der Waals surface area (Å²) in [5.74, 6) is -0.223. The van der Waals surface area contributed by atoms with Crippen LogP contribution >= 0.6 is 23.2 Å². The fraction of sp³-hybridized carbons (Fsp3) is 0.350. The second-order valence-electron chi connectivity index (χ2n) is 7.10. The minimum absolute atomic E-state index is 0.153. The lowest BCUT2D eigenvalue weighted by Gasteiger charge is -2.33. The molecular weight excluding hydrogens is 433 g/mol. The SMILES string of the molecule is Cc1ccc(S(=O)(=O)N2CCN(CC(=O)Nc3cc(Cl)ccc3Cl)CC2)cc1C. The van der Waals surface area contributed by atoms with E-state index in [-0.39, 0.29) is 12.5 Å². The van der Waals surface area contributed by atoms with Gasteiger partial charge in [0.15, 0.2) is 0 Å². The normalized spacial score (nSPS) is 16.0. The average Bonchev–Trinajstić information content (AvgIpc) is 2.67. The van der Waals surface area contributed by atoms with Gasteiger partial charge < -0.3 is 5.32 Å². The molecule has 1 heterocycles. The van der Waals surface area contributed by atoms with Crippen molar-refractivity contribution >= 4 is 44.8 Å². The molecule has 9 heteroatoms. The van der Waals surface area contributed by atoms with Crippen molar-refractivity contribution in [3.05, 3.63) is 57.6 Å². The van der Waals surface area contributed by atoms with Crippen LogP contribution in [0.2, 0.25) is 10.0 Å². The lowest BCUT2D eigenvalue weighted by atomic mass is 10.1. The van der Waals surface area contributed by atoms with E-state index in [1.807, 2.05) is 24.8 Å². The third-order valence-electron chi connectivity index (χ3n) is 5.02. The van der Waals surface area contributed by atoms with Crippen LogP contribution in [0.1, 0.15) is 11.1 Å². The number of nitrogens with one attached hydrogen (secondary N) is 1. The Labute approximate surface area is 181 Å². The molecule has 2 aromatic carbocycles. The van der Waals surface area contributed by atoms with Crippen molar-refractivity contribution in [1.29, 1.82) is 0 Å². The van der Waals surface area contributed by atoms with Gasteiger partial charge in [-0.25, -0.2) is 8.42 Å². The van der Waals surface area contributed by atoms with Crippen LogP contribution in [0.5, 0.6) is 0 Å². The van der Waals surface area contributed by atoms with E-state index in [0.717, 1.165) is 11.1 Å². The number of nitrogens with zero attached hydrogens (tertiary/aromatic N) is 2. The molecule has 0 aromatic heterocycles. The first kappa shape index (κ1) is 22.1. The second kappa shape index (κ2) is 9.02. The fourth-order valence-corrected chi connectivity index (χ4v) is 4.98. The molecule has 0 aliphatic carbocycles. The third-order valence-corrected chi connectivity index (χ3v) is 7.48. The first-order chi connectivity index (χ1) is 13.7. The number of aryl methyl sites for hydroxylation is 2. The molecular formula is C20H23Cl2N3O3S. The van der Waals surface area contributed by atoms with E-state index in [2.05, 4.69) is 5.32 Å². The molecule has 2 aromatic rings. The predicted octanol–water partition coefficient (Wildman–Crippen LogP) is 3.56. The zero-order chi connectivity index (χ0) is 21.2. The number of anilines is 1. The summed E-state index contributed by atoms with van der Waals surface area (Å²) in [6.07, 6.45) is 0. The molecule has 1 saturated heterocycles. The molecule has 0 radical (unpaired) electrons. The summed E-state index contributed by atoms with van der Waals surface area (Å²) in [6.45, 7) is 5.62. The number of carbonyl (C=O) groups is 1. The van der Waals surface area contributed by atoms with Gasteiger partial charge in [0.2, 0.25) is 15.9 Å². The predicted molar refractivity (Wildman–Crippen MR) is 116 cm³/mol. The lowest BCUT2D eigenvalue weighted by Crippen LogP contribution is -2.50. The van der Waals surface area contributed by atoms with Crippen molar-refractivity contribution in [3.8, 4) is 0 Å². The number of sulfonamides is 1. The molecule has 1 fully saturated rings. The van der Waals surface area contributed by atoms with E-state index >= 15 is 0 Å². The second-order valence-corrected chi connectivity index (χ2v) is 9.88. The number of carbonyl (C=O) groups excluding carboxylic acids is 1. The highest BCUT2D eigenvalue weighted by Crippen LogP contribution is 2.25. The molecule has 0 bridgehead atoms. The number of hydrogen-bond acceptors (Lipinski definition) is 4. The number of piperazine rings is 1. The summed E-state index contributed by atoms with van der Waals surface area (Å²) in [4.78, 5) is 14.6. The summed E-state index contributed by atoms with van der Waals surface area (Å²) >= 11 is 12.0. The van der Waals surface area contributed by atoms with Gasteiger partial charge in [0.05, 0.1) is 22.2 Å². The molecule has 3 rings (SSSR count). The number of benzene rings is 2. The Balaban J connectivity index is 1.58. The molecule has 156 valence electrons. The van der Waals surface area contributed by atoms with E-state index in [1.165, 1.54) is 4.31 Å². The van der Waals surface area contributed by atoms with Gasteiger partial charge >= 0.3 is 0 Å². The maximum atomic E-state index is 12.9. The van der Waals surface area contributed by atoms with Crippen molar-refractivity contribution in [2.75, 3.05) is 38.0 Å². The number of hydrogen-bond donors (Lipinski definition) is 1. The number of halogens is 2. The Bertz CT molecular complexity index is 1020. The van der Waals surface area contributed by atoms with Crippen LogP contribution in [0.25, 0.3) is 0 Å². The van der Waals surface area contributed by atoms with E-state index in [9.17, 15) is 13.2 Å². The third kappa shape index (κ3) is 5.29. The minimum atomic E-state index is -3.54. The fourth-order valence-electron chi connectivity index (χ4n) is 3.14. The molecule has 0 atom stereocenters. The van der Waals surface area contributed by atoms with Gasteiger partial charge in [-0.2, -0.15) is 4.31 Å². The first-order valence-corrected chi connectivity index (χ1v) is 11.4. The van der Waals surface area contributed by atoms with Crippen LogP contribution in [0.4, 0.5) is 5.69 Å². The zero-order valence-electron chi connectivity index (χ0n) is 16.3. The van der Waals surface area contributed by atoms with Gasteiger partial charge in [-0.3, -0.25) is 9.69 Å². The highest BCUT2D eigenvalue weighted by molar-refractivity contribution is 7.89. The van der Waals surface area contributed by atoms with Gasteiger partial charge in [0.25, 0.3) is 0 Å². The molecule has 1 amide bonds. The molecule has 29 heavy (non-hydrogen) atoms. The Hall–Kier alpha value is -1.64. The highest BCUT2D eigenvalue weighted by Gasteiger charge is 2.29. The van der Waals surface area contributed by atoms with Gasteiger partial charge in [0, 0.05) is 31.2 Å².